The zero-order chi connectivity index (χ0) is 19.4. The molecule has 2 aromatic carbocycles. The Morgan fingerprint density at radius 3 is 2.52 bits per heavy atom. The first-order valence-electron chi connectivity index (χ1n) is 8.55. The van der Waals surface area contributed by atoms with Gasteiger partial charge in [-0.05, 0) is 38.5 Å². The molecule has 0 aliphatic heterocycles. The zero-order valence-corrected chi connectivity index (χ0v) is 15.5. The van der Waals surface area contributed by atoms with E-state index in [-0.39, 0.29) is 5.88 Å². The first-order valence-corrected chi connectivity index (χ1v) is 8.55. The van der Waals surface area contributed by atoms with Gasteiger partial charge in [-0.15, -0.1) is 0 Å². The molecule has 3 aromatic rings. The molecule has 139 valence electrons. The minimum absolute atomic E-state index is 0.155. The highest BCUT2D eigenvalue weighted by Gasteiger charge is 2.23. The van der Waals surface area contributed by atoms with Gasteiger partial charge in [0.1, 0.15) is 18.0 Å². The Bertz CT molecular complexity index is 931. The number of carbonyl (C=O) groups is 1. The van der Waals surface area contributed by atoms with E-state index in [0.717, 1.165) is 10.9 Å². The topological polar surface area (TPSA) is 69.9 Å². The van der Waals surface area contributed by atoms with Crippen molar-refractivity contribution in [1.29, 1.82) is 0 Å². The minimum atomic E-state index is -0.671. The lowest BCUT2D eigenvalue weighted by Crippen LogP contribution is -2.27. The van der Waals surface area contributed by atoms with E-state index in [1.807, 2.05) is 42.5 Å². The van der Waals surface area contributed by atoms with E-state index in [9.17, 15) is 4.79 Å². The summed E-state index contributed by atoms with van der Waals surface area (Å²) in [5.74, 6) is 0.760. The molecule has 0 aliphatic carbocycles. The summed E-state index contributed by atoms with van der Waals surface area (Å²) in [6.07, 6.45) is -0.602. The van der Waals surface area contributed by atoms with Crippen molar-refractivity contribution >= 4 is 24.7 Å². The van der Waals surface area contributed by atoms with Gasteiger partial charge < -0.3 is 19.2 Å². The number of fused-ring (bicyclic) bond motifs is 1. The van der Waals surface area contributed by atoms with Crippen LogP contribution in [-0.2, 0) is 11.3 Å². The molecule has 1 heterocycles. The van der Waals surface area contributed by atoms with Gasteiger partial charge in [0.05, 0.1) is 5.52 Å². The van der Waals surface area contributed by atoms with Gasteiger partial charge in [0.15, 0.2) is 5.88 Å². The number of carbonyl (C=O) groups excluding carboxylic acids is 1. The smallest absolute Gasteiger partial charge is 0.524 e. The Hall–Kier alpha value is -2.93. The highest BCUT2D eigenvalue weighted by atomic mass is 16.6. The molecule has 1 aromatic heterocycles. The second kappa shape index (κ2) is 7.76. The number of nitrogens with zero attached hydrogens (tertiary/aromatic N) is 1. The molecular formula is C20H21BNO5. The summed E-state index contributed by atoms with van der Waals surface area (Å²) in [5.41, 5.74) is 0.931. The van der Waals surface area contributed by atoms with Gasteiger partial charge in [0.25, 0.3) is 0 Å². The quantitative estimate of drug-likeness (QED) is 0.694. The number of hydrogen-bond donors (Lipinski definition) is 1. The van der Waals surface area contributed by atoms with Crippen LogP contribution in [0.15, 0.2) is 54.6 Å². The monoisotopic (exact) mass is 366 g/mol. The molecule has 0 fully saturated rings. The number of ether oxygens (including phenoxy) is 2. The fourth-order valence-electron chi connectivity index (χ4n) is 2.62. The fraction of sp³-hybridized carbons (Fsp3) is 0.250. The molecule has 0 saturated heterocycles. The van der Waals surface area contributed by atoms with E-state index < -0.39 is 11.7 Å². The molecule has 7 heteroatoms. The van der Waals surface area contributed by atoms with Crippen molar-refractivity contribution in [3.63, 3.8) is 0 Å². The Morgan fingerprint density at radius 2 is 1.85 bits per heavy atom. The van der Waals surface area contributed by atoms with Crippen LogP contribution in [-0.4, -0.2) is 29.0 Å². The van der Waals surface area contributed by atoms with Crippen molar-refractivity contribution in [2.75, 3.05) is 0 Å². The molecule has 0 atom stereocenters. The first kappa shape index (κ1) is 18.9. The number of rotatable bonds is 5. The molecule has 27 heavy (non-hydrogen) atoms. The number of benzene rings is 2. The van der Waals surface area contributed by atoms with Crippen LogP contribution >= 0.6 is 0 Å². The first-order chi connectivity index (χ1) is 12.9. The lowest BCUT2D eigenvalue weighted by molar-refractivity contribution is 0.0537. The SMILES string of the molecule is CC(C)(C)OC(=O)n1c(O[B]O)cc2ccc(OCc3ccccc3)cc21. The molecule has 6 nitrogen and oxygen atoms in total. The van der Waals surface area contributed by atoms with Crippen LogP contribution < -0.4 is 9.39 Å². The van der Waals surface area contributed by atoms with Crippen LogP contribution in [0.3, 0.4) is 0 Å². The van der Waals surface area contributed by atoms with Crippen molar-refractivity contribution in [2.24, 2.45) is 0 Å². The highest BCUT2D eigenvalue weighted by Crippen LogP contribution is 2.30. The summed E-state index contributed by atoms with van der Waals surface area (Å²) in [6.45, 7) is 5.75. The summed E-state index contributed by atoms with van der Waals surface area (Å²) in [4.78, 5) is 12.6. The van der Waals surface area contributed by atoms with E-state index in [1.165, 1.54) is 4.57 Å². The van der Waals surface area contributed by atoms with Crippen LogP contribution in [0.4, 0.5) is 4.79 Å². The van der Waals surface area contributed by atoms with Crippen molar-refractivity contribution in [2.45, 2.75) is 33.0 Å². The number of aromatic nitrogens is 1. The standard InChI is InChI=1S/C20H21BNO5/c1-20(2,3)26-19(23)22-17-12-16(25-13-14-7-5-4-6-8-14)10-9-15(17)11-18(22)27-21-24/h4-12,24H,13H2,1-3H3. The van der Waals surface area contributed by atoms with Gasteiger partial charge in [-0.1, -0.05) is 30.3 Å². The average molecular weight is 366 g/mol. The molecular weight excluding hydrogens is 345 g/mol. The second-order valence-electron chi connectivity index (χ2n) is 7.02. The maximum atomic E-state index is 12.6. The third-order valence-corrected chi connectivity index (χ3v) is 3.74. The summed E-state index contributed by atoms with van der Waals surface area (Å²) < 4.78 is 17.6. The molecule has 0 saturated carbocycles. The third kappa shape index (κ3) is 4.62. The molecule has 0 unspecified atom stereocenters. The Morgan fingerprint density at radius 1 is 1.11 bits per heavy atom. The second-order valence-corrected chi connectivity index (χ2v) is 7.02. The largest absolute Gasteiger partial charge is 0.570 e. The summed E-state index contributed by atoms with van der Waals surface area (Å²) >= 11 is 0. The maximum Gasteiger partial charge on any atom is 0.570 e. The molecule has 0 spiro atoms. The lowest BCUT2D eigenvalue weighted by Gasteiger charge is -2.20. The molecule has 0 aliphatic rings. The lowest BCUT2D eigenvalue weighted by atomic mass is 10.2. The van der Waals surface area contributed by atoms with E-state index in [1.54, 1.807) is 32.9 Å². The van der Waals surface area contributed by atoms with E-state index in [2.05, 4.69) is 0 Å². The third-order valence-electron chi connectivity index (χ3n) is 3.74. The predicted molar refractivity (Wildman–Crippen MR) is 103 cm³/mol. The normalized spacial score (nSPS) is 11.3. The number of hydrogen-bond acceptors (Lipinski definition) is 5. The summed E-state index contributed by atoms with van der Waals surface area (Å²) in [6, 6.07) is 16.8. The van der Waals surface area contributed by atoms with Gasteiger partial charge in [-0.25, -0.2) is 9.36 Å². The molecule has 0 bridgehead atoms. The van der Waals surface area contributed by atoms with Crippen molar-refractivity contribution in [3.8, 4) is 11.6 Å². The van der Waals surface area contributed by atoms with E-state index in [4.69, 9.17) is 19.2 Å². The van der Waals surface area contributed by atoms with Crippen molar-refractivity contribution in [1.82, 2.24) is 4.57 Å². The van der Waals surface area contributed by atoms with Gasteiger partial charge >= 0.3 is 13.8 Å². The molecule has 0 amide bonds. The van der Waals surface area contributed by atoms with Gasteiger partial charge in [0, 0.05) is 17.5 Å². The van der Waals surface area contributed by atoms with Gasteiger partial charge in [0.2, 0.25) is 0 Å². The van der Waals surface area contributed by atoms with Crippen LogP contribution in [0.25, 0.3) is 10.9 Å². The van der Waals surface area contributed by atoms with E-state index >= 15 is 0 Å². The van der Waals surface area contributed by atoms with Gasteiger partial charge in [-0.3, -0.25) is 0 Å². The Labute approximate surface area is 158 Å². The van der Waals surface area contributed by atoms with Crippen LogP contribution in [0.5, 0.6) is 11.6 Å². The molecule has 1 radical (unpaired) electrons. The maximum absolute atomic E-state index is 12.6. The van der Waals surface area contributed by atoms with Crippen molar-refractivity contribution < 1.29 is 23.9 Å². The van der Waals surface area contributed by atoms with Crippen LogP contribution in [0, 0.1) is 0 Å². The van der Waals surface area contributed by atoms with Crippen LogP contribution in [0.2, 0.25) is 0 Å². The predicted octanol–water partition coefficient (Wildman–Crippen LogP) is 3.91. The van der Waals surface area contributed by atoms with Crippen molar-refractivity contribution in [3.05, 3.63) is 60.2 Å². The fourth-order valence-corrected chi connectivity index (χ4v) is 2.62. The van der Waals surface area contributed by atoms with Crippen LogP contribution in [0.1, 0.15) is 26.3 Å². The molecule has 3 rings (SSSR count). The summed E-state index contributed by atoms with van der Waals surface area (Å²) in [5, 5.41) is 9.77. The van der Waals surface area contributed by atoms with Gasteiger partial charge in [-0.2, -0.15) is 0 Å². The summed E-state index contributed by atoms with van der Waals surface area (Å²) in [7, 11) is 0.530. The Balaban J connectivity index is 1.93. The van der Waals surface area contributed by atoms with E-state index in [0.29, 0.717) is 25.6 Å². The Kier molecular flexibility index (Phi) is 5.42. The highest BCUT2D eigenvalue weighted by molar-refractivity contribution is 6.17. The minimum Gasteiger partial charge on any atom is -0.524 e. The molecule has 1 N–H and O–H groups in total. The average Bonchev–Trinajstić information content (AvgIpc) is 2.97. The zero-order valence-electron chi connectivity index (χ0n) is 15.5.